The van der Waals surface area contributed by atoms with Crippen molar-refractivity contribution in [2.45, 2.75) is 25.2 Å². The van der Waals surface area contributed by atoms with Crippen LogP contribution >= 0.6 is 0 Å². The summed E-state index contributed by atoms with van der Waals surface area (Å²) in [5.41, 5.74) is 4.88. The average molecular weight is 508 g/mol. The van der Waals surface area contributed by atoms with Gasteiger partial charge in [0.05, 0.1) is 12.0 Å². The summed E-state index contributed by atoms with van der Waals surface area (Å²) < 4.78 is 21.0. The van der Waals surface area contributed by atoms with E-state index in [1.807, 2.05) is 74.8 Å². The number of aryl methyl sites for hydroxylation is 2. The summed E-state index contributed by atoms with van der Waals surface area (Å²) in [4.78, 5) is 22.0. The second-order valence-corrected chi connectivity index (χ2v) is 10.0. The third kappa shape index (κ3) is 6.41. The van der Waals surface area contributed by atoms with Crippen molar-refractivity contribution >= 4 is 34.0 Å². The smallest absolute Gasteiger partial charge is 0.225 e. The summed E-state index contributed by atoms with van der Waals surface area (Å²) in [6, 6.07) is 15.7. The minimum Gasteiger partial charge on any atom is -0.497 e. The minimum atomic E-state index is -1.40. The molecular weight excluding hydrogens is 474 g/mol. The molecule has 0 bridgehead atoms. The fourth-order valence-electron chi connectivity index (χ4n) is 4.41. The molecule has 3 aromatic rings. The van der Waals surface area contributed by atoms with Crippen molar-refractivity contribution < 1.29 is 13.7 Å². The summed E-state index contributed by atoms with van der Waals surface area (Å²) in [5, 5.41) is 2.92. The number of carbonyl (C=O) groups is 1. The molecule has 1 aliphatic rings. The highest BCUT2D eigenvalue weighted by Crippen LogP contribution is 2.24. The van der Waals surface area contributed by atoms with Gasteiger partial charge in [-0.2, -0.15) is 0 Å². The van der Waals surface area contributed by atoms with Crippen LogP contribution in [0, 0.1) is 13.8 Å². The molecule has 0 saturated carbocycles. The van der Waals surface area contributed by atoms with Gasteiger partial charge in [-0.1, -0.05) is 0 Å². The van der Waals surface area contributed by atoms with Crippen molar-refractivity contribution in [1.29, 1.82) is 0 Å². The lowest BCUT2D eigenvalue weighted by Crippen LogP contribution is -2.46. The van der Waals surface area contributed by atoms with Gasteiger partial charge >= 0.3 is 0 Å². The van der Waals surface area contributed by atoms with E-state index in [1.54, 1.807) is 7.11 Å². The zero-order valence-electron chi connectivity index (χ0n) is 21.0. The van der Waals surface area contributed by atoms with Crippen LogP contribution < -0.4 is 24.6 Å². The molecule has 1 fully saturated rings. The number of nitrogens with zero attached hydrogens (tertiary/aromatic N) is 3. The Morgan fingerprint density at radius 1 is 0.944 bits per heavy atom. The first-order valence-corrected chi connectivity index (χ1v) is 13.2. The van der Waals surface area contributed by atoms with Crippen LogP contribution in [0.25, 0.3) is 0 Å². The molecule has 2 aromatic carbocycles. The molecule has 9 heteroatoms. The van der Waals surface area contributed by atoms with Crippen molar-refractivity contribution in [3.8, 4) is 5.75 Å². The van der Waals surface area contributed by atoms with Crippen LogP contribution in [0.15, 0.2) is 65.8 Å². The third-order valence-corrected chi connectivity index (χ3v) is 7.74. The van der Waals surface area contributed by atoms with Gasteiger partial charge in [-0.05, 0) is 73.5 Å². The lowest BCUT2D eigenvalue weighted by Gasteiger charge is -2.37. The Balaban J connectivity index is 1.22. The molecule has 1 atom stereocenters. The monoisotopic (exact) mass is 507 g/mol. The Hall–Kier alpha value is -3.43. The topological polar surface area (TPSA) is 86.8 Å². The lowest BCUT2D eigenvalue weighted by molar-refractivity contribution is -0.116. The van der Waals surface area contributed by atoms with Crippen molar-refractivity contribution in [2.75, 3.05) is 55.0 Å². The standard InChI is InChI=1S/C27H33N5O3S/c1-20-18-25(35-3)19-21(2)27(20)36(34)29-13-10-26(33)30-22-4-6-23(7-5-22)31-14-16-32(17-15-31)24-8-11-28-12-9-24/h4-9,11-12,18-19,29H,10,13-17H2,1-3H3,(H,30,33). The molecule has 1 aliphatic heterocycles. The van der Waals surface area contributed by atoms with Gasteiger partial charge in [0.2, 0.25) is 5.91 Å². The van der Waals surface area contributed by atoms with Crippen LogP contribution in [0.4, 0.5) is 17.1 Å². The molecule has 190 valence electrons. The Morgan fingerprint density at radius 3 is 2.06 bits per heavy atom. The zero-order chi connectivity index (χ0) is 25.5. The quantitative estimate of drug-likeness (QED) is 0.460. The normalized spacial score (nSPS) is 14.4. The van der Waals surface area contributed by atoms with Gasteiger partial charge in [-0.25, -0.2) is 8.93 Å². The van der Waals surface area contributed by atoms with Gasteiger partial charge in [-0.15, -0.1) is 0 Å². The molecule has 0 spiro atoms. The van der Waals surface area contributed by atoms with Crippen LogP contribution in [-0.4, -0.2) is 54.9 Å². The van der Waals surface area contributed by atoms with E-state index in [-0.39, 0.29) is 12.3 Å². The fraction of sp³-hybridized carbons (Fsp3) is 0.333. The summed E-state index contributed by atoms with van der Waals surface area (Å²) in [6.45, 7) is 7.89. The van der Waals surface area contributed by atoms with Crippen LogP contribution in [0.3, 0.4) is 0 Å². The predicted molar refractivity (Wildman–Crippen MR) is 145 cm³/mol. The van der Waals surface area contributed by atoms with E-state index in [9.17, 15) is 9.00 Å². The first-order valence-electron chi connectivity index (χ1n) is 12.0. The number of amides is 1. The summed E-state index contributed by atoms with van der Waals surface area (Å²) in [5.74, 6) is 0.616. The van der Waals surface area contributed by atoms with E-state index in [1.165, 1.54) is 5.69 Å². The maximum Gasteiger partial charge on any atom is 0.225 e. The molecule has 2 N–H and O–H groups in total. The molecule has 1 aromatic heterocycles. The molecule has 1 unspecified atom stereocenters. The van der Waals surface area contributed by atoms with E-state index in [0.29, 0.717) is 6.54 Å². The largest absolute Gasteiger partial charge is 0.497 e. The Kier molecular flexibility index (Phi) is 8.56. The number of ether oxygens (including phenoxy) is 1. The molecule has 0 radical (unpaired) electrons. The van der Waals surface area contributed by atoms with Gasteiger partial charge in [0.1, 0.15) is 16.7 Å². The van der Waals surface area contributed by atoms with E-state index in [4.69, 9.17) is 4.74 Å². The molecule has 0 aliphatic carbocycles. The Labute approximate surface area is 215 Å². The number of carbonyl (C=O) groups excluding carboxylic acids is 1. The van der Waals surface area contributed by atoms with Gasteiger partial charge in [0, 0.05) is 68.6 Å². The number of aromatic nitrogens is 1. The maximum atomic E-state index is 12.7. The zero-order valence-corrected chi connectivity index (χ0v) is 21.8. The highest BCUT2D eigenvalue weighted by Gasteiger charge is 2.18. The van der Waals surface area contributed by atoms with E-state index < -0.39 is 11.0 Å². The fourth-order valence-corrected chi connectivity index (χ4v) is 5.54. The average Bonchev–Trinajstić information content (AvgIpc) is 2.89. The first kappa shape index (κ1) is 25.7. The summed E-state index contributed by atoms with van der Waals surface area (Å²) in [6.07, 6.45) is 3.87. The second-order valence-electron chi connectivity index (χ2n) is 8.78. The number of methoxy groups -OCH3 is 1. The number of hydrogen-bond donors (Lipinski definition) is 2. The third-order valence-electron chi connectivity index (χ3n) is 6.26. The number of anilines is 3. The number of rotatable bonds is 9. The van der Waals surface area contributed by atoms with Gasteiger partial charge in [0.25, 0.3) is 0 Å². The Morgan fingerprint density at radius 2 is 1.50 bits per heavy atom. The number of pyridine rings is 1. The number of benzene rings is 2. The minimum absolute atomic E-state index is 0.124. The van der Waals surface area contributed by atoms with Crippen LogP contribution in [0.2, 0.25) is 0 Å². The Bertz CT molecular complexity index is 1170. The van der Waals surface area contributed by atoms with Crippen LogP contribution in [0.5, 0.6) is 5.75 Å². The second kappa shape index (κ2) is 12.0. The van der Waals surface area contributed by atoms with Crippen LogP contribution in [0.1, 0.15) is 17.5 Å². The van der Waals surface area contributed by atoms with Crippen LogP contribution in [-0.2, 0) is 15.8 Å². The molecule has 4 rings (SSSR count). The summed E-state index contributed by atoms with van der Waals surface area (Å²) in [7, 11) is 0.213. The number of piperazine rings is 1. The highest BCUT2D eigenvalue weighted by atomic mass is 32.2. The van der Waals surface area contributed by atoms with Gasteiger partial charge in [-0.3, -0.25) is 9.78 Å². The predicted octanol–water partition coefficient (Wildman–Crippen LogP) is 3.67. The molecule has 36 heavy (non-hydrogen) atoms. The van der Waals surface area contributed by atoms with E-state index in [2.05, 4.69) is 24.8 Å². The SMILES string of the molecule is COc1cc(C)c(S(=O)NCCC(=O)Nc2ccc(N3CCN(c4ccncc4)CC3)cc2)c(C)c1. The maximum absolute atomic E-state index is 12.7. The molecule has 8 nitrogen and oxygen atoms in total. The van der Waals surface area contributed by atoms with Gasteiger partial charge in [0.15, 0.2) is 0 Å². The van der Waals surface area contributed by atoms with Crippen molar-refractivity contribution in [3.63, 3.8) is 0 Å². The van der Waals surface area contributed by atoms with Crippen molar-refractivity contribution in [2.24, 2.45) is 0 Å². The number of hydrogen-bond acceptors (Lipinski definition) is 6. The molecule has 2 heterocycles. The van der Waals surface area contributed by atoms with E-state index in [0.717, 1.165) is 59.3 Å². The van der Waals surface area contributed by atoms with Gasteiger partial charge < -0.3 is 19.9 Å². The van der Waals surface area contributed by atoms with E-state index >= 15 is 0 Å². The summed E-state index contributed by atoms with van der Waals surface area (Å²) >= 11 is 0. The first-order chi connectivity index (χ1) is 17.4. The molecule has 1 saturated heterocycles. The van der Waals surface area contributed by atoms with Crippen molar-refractivity contribution in [1.82, 2.24) is 9.71 Å². The molecular formula is C27H33N5O3S. The van der Waals surface area contributed by atoms with Crippen molar-refractivity contribution in [3.05, 3.63) is 72.1 Å². The lowest BCUT2D eigenvalue weighted by atomic mass is 10.1. The number of nitrogens with one attached hydrogen (secondary N) is 2. The molecule has 1 amide bonds. The highest BCUT2D eigenvalue weighted by molar-refractivity contribution is 7.83.